The van der Waals surface area contributed by atoms with Crippen LogP contribution < -0.4 is 0 Å². The molecule has 0 rings (SSSR count). The lowest BCUT2D eigenvalue weighted by Gasteiger charge is -1.94. The Kier molecular flexibility index (Phi) is 12.5. The van der Waals surface area contributed by atoms with Crippen molar-refractivity contribution in [3.8, 4) is 0 Å². The average molecular weight is 206 g/mol. The summed E-state index contributed by atoms with van der Waals surface area (Å²) in [4.78, 5) is 0. The van der Waals surface area contributed by atoms with E-state index in [9.17, 15) is 0 Å². The van der Waals surface area contributed by atoms with E-state index in [1.165, 1.54) is 44.9 Å². The second-order valence-electron chi connectivity index (χ2n) is 3.86. The van der Waals surface area contributed by atoms with Gasteiger partial charge in [0.05, 0.1) is 0 Å². The van der Waals surface area contributed by atoms with Gasteiger partial charge in [0, 0.05) is 0 Å². The minimum atomic E-state index is 1.16. The van der Waals surface area contributed by atoms with E-state index >= 15 is 0 Å². The second kappa shape index (κ2) is 13.2. The predicted molar refractivity (Wildman–Crippen MR) is 71.1 cm³/mol. The van der Waals surface area contributed by atoms with E-state index in [1.807, 2.05) is 6.08 Å². The van der Waals surface area contributed by atoms with E-state index in [-0.39, 0.29) is 0 Å². The number of unbranched alkanes of at least 4 members (excludes halogenated alkanes) is 5. The average Bonchev–Trinajstić information content (AvgIpc) is 2.26. The molecule has 0 aromatic carbocycles. The highest BCUT2D eigenvalue weighted by Gasteiger charge is 1.84. The van der Waals surface area contributed by atoms with Crippen molar-refractivity contribution in [3.63, 3.8) is 0 Å². The first-order valence-electron chi connectivity index (χ1n) is 6.32. The maximum Gasteiger partial charge on any atom is -0.0316 e. The Balaban J connectivity index is 3.10. The van der Waals surface area contributed by atoms with E-state index in [1.54, 1.807) is 0 Å². The minimum absolute atomic E-state index is 1.16. The van der Waals surface area contributed by atoms with Crippen molar-refractivity contribution >= 4 is 0 Å². The molecular formula is C15H26. The van der Waals surface area contributed by atoms with Crippen LogP contribution in [0.5, 0.6) is 0 Å². The molecule has 0 spiro atoms. The Hall–Kier alpha value is -0.780. The molecule has 0 aromatic rings. The van der Waals surface area contributed by atoms with Crippen LogP contribution in [0.2, 0.25) is 0 Å². The third-order valence-corrected chi connectivity index (χ3v) is 2.35. The summed E-state index contributed by atoms with van der Waals surface area (Å²) in [6.45, 7) is 5.90. The van der Waals surface area contributed by atoms with Gasteiger partial charge in [0.15, 0.2) is 0 Å². The van der Waals surface area contributed by atoms with Gasteiger partial charge in [0.25, 0.3) is 0 Å². The highest BCUT2D eigenvalue weighted by molar-refractivity contribution is 4.87. The predicted octanol–water partition coefficient (Wildman–Crippen LogP) is 5.43. The van der Waals surface area contributed by atoms with Crippen molar-refractivity contribution < 1.29 is 0 Å². The van der Waals surface area contributed by atoms with E-state index in [2.05, 4.69) is 37.8 Å². The molecule has 0 aliphatic rings. The summed E-state index contributed by atoms with van der Waals surface area (Å²) in [5.74, 6) is 0. The fraction of sp³-hybridized carbons (Fsp3) is 0.600. The third-order valence-electron chi connectivity index (χ3n) is 2.35. The maximum atomic E-state index is 3.72. The van der Waals surface area contributed by atoms with Crippen LogP contribution in [0.25, 0.3) is 0 Å². The smallest absolute Gasteiger partial charge is 0.0316 e. The summed E-state index contributed by atoms with van der Waals surface area (Å²) in [5.41, 5.74) is 0. The largest absolute Gasteiger partial charge is 0.103 e. The molecule has 0 heteroatoms. The summed E-state index contributed by atoms with van der Waals surface area (Å²) in [5, 5.41) is 0. The van der Waals surface area contributed by atoms with Crippen molar-refractivity contribution in [3.05, 3.63) is 37.0 Å². The summed E-state index contributed by atoms with van der Waals surface area (Å²) in [6, 6.07) is 0. The highest BCUT2D eigenvalue weighted by Crippen LogP contribution is 2.04. The van der Waals surface area contributed by atoms with E-state index in [4.69, 9.17) is 0 Å². The monoisotopic (exact) mass is 206 g/mol. The van der Waals surface area contributed by atoms with Crippen molar-refractivity contribution in [2.24, 2.45) is 0 Å². The zero-order chi connectivity index (χ0) is 11.2. The highest BCUT2D eigenvalue weighted by atomic mass is 13.9. The van der Waals surface area contributed by atoms with Crippen molar-refractivity contribution in [1.82, 2.24) is 0 Å². The van der Waals surface area contributed by atoms with Gasteiger partial charge in [-0.1, -0.05) is 43.7 Å². The molecule has 0 heterocycles. The van der Waals surface area contributed by atoms with Gasteiger partial charge in [-0.2, -0.15) is 0 Å². The molecular weight excluding hydrogens is 180 g/mol. The van der Waals surface area contributed by atoms with Crippen LogP contribution in [-0.4, -0.2) is 0 Å². The Morgan fingerprint density at radius 2 is 1.33 bits per heavy atom. The molecule has 0 bridgehead atoms. The fourth-order valence-electron chi connectivity index (χ4n) is 1.44. The molecule has 0 radical (unpaired) electrons. The third kappa shape index (κ3) is 13.2. The van der Waals surface area contributed by atoms with Crippen LogP contribution in [0.1, 0.15) is 58.3 Å². The lowest BCUT2D eigenvalue weighted by atomic mass is 10.1. The molecule has 0 aliphatic heterocycles. The van der Waals surface area contributed by atoms with Gasteiger partial charge in [-0.15, -0.1) is 6.58 Å². The lowest BCUT2D eigenvalue weighted by molar-refractivity contribution is 0.695. The van der Waals surface area contributed by atoms with Gasteiger partial charge in [-0.3, -0.25) is 0 Å². The van der Waals surface area contributed by atoms with E-state index in [0.29, 0.717) is 0 Å². The molecule has 0 fully saturated rings. The first kappa shape index (κ1) is 14.2. The van der Waals surface area contributed by atoms with Gasteiger partial charge >= 0.3 is 0 Å². The molecule has 0 nitrogen and oxygen atoms in total. The topological polar surface area (TPSA) is 0 Å². The Bertz CT molecular complexity index is 174. The first-order valence-corrected chi connectivity index (χ1v) is 6.32. The molecule has 0 N–H and O–H groups in total. The summed E-state index contributed by atoms with van der Waals surface area (Å²) in [6.07, 6.45) is 21.1. The van der Waals surface area contributed by atoms with Crippen molar-refractivity contribution in [2.75, 3.05) is 0 Å². The second-order valence-corrected chi connectivity index (χ2v) is 3.86. The molecule has 0 saturated carbocycles. The lowest BCUT2D eigenvalue weighted by Crippen LogP contribution is -1.74. The number of rotatable bonds is 10. The summed E-state index contributed by atoms with van der Waals surface area (Å²) in [7, 11) is 0. The minimum Gasteiger partial charge on any atom is -0.103 e. The number of allylic oxidation sites excluding steroid dienone is 5. The molecule has 0 amide bonds. The Labute approximate surface area is 95.8 Å². The zero-order valence-corrected chi connectivity index (χ0v) is 10.3. The normalized spacial score (nSPS) is 11.5. The van der Waals surface area contributed by atoms with Gasteiger partial charge in [-0.05, 0) is 44.9 Å². The van der Waals surface area contributed by atoms with Crippen molar-refractivity contribution in [2.45, 2.75) is 58.3 Å². The molecule has 0 atom stereocenters. The maximum absolute atomic E-state index is 3.72. The number of hydrogen-bond donors (Lipinski definition) is 0. The molecule has 0 unspecified atom stereocenters. The van der Waals surface area contributed by atoms with Crippen LogP contribution in [0.4, 0.5) is 0 Å². The van der Waals surface area contributed by atoms with Gasteiger partial charge in [0.2, 0.25) is 0 Å². The van der Waals surface area contributed by atoms with Crippen molar-refractivity contribution in [1.29, 1.82) is 0 Å². The van der Waals surface area contributed by atoms with Crippen LogP contribution in [-0.2, 0) is 0 Å². The van der Waals surface area contributed by atoms with Gasteiger partial charge in [0.1, 0.15) is 0 Å². The quantitative estimate of drug-likeness (QED) is 0.330. The molecule has 0 aliphatic carbocycles. The molecule has 15 heavy (non-hydrogen) atoms. The van der Waals surface area contributed by atoms with Crippen LogP contribution in [0, 0.1) is 0 Å². The SMILES string of the molecule is C=CCCCCCC=CCCC=CCC. The summed E-state index contributed by atoms with van der Waals surface area (Å²) < 4.78 is 0. The fourth-order valence-corrected chi connectivity index (χ4v) is 1.44. The van der Waals surface area contributed by atoms with E-state index < -0.39 is 0 Å². The molecule has 86 valence electrons. The Morgan fingerprint density at radius 1 is 0.733 bits per heavy atom. The van der Waals surface area contributed by atoms with Crippen LogP contribution >= 0.6 is 0 Å². The summed E-state index contributed by atoms with van der Waals surface area (Å²) >= 11 is 0. The number of hydrogen-bond acceptors (Lipinski definition) is 0. The first-order chi connectivity index (χ1) is 7.41. The Morgan fingerprint density at radius 3 is 2.00 bits per heavy atom. The molecule has 0 saturated heterocycles. The van der Waals surface area contributed by atoms with Crippen LogP contribution in [0.3, 0.4) is 0 Å². The van der Waals surface area contributed by atoms with E-state index in [0.717, 1.165) is 6.42 Å². The van der Waals surface area contributed by atoms with Crippen LogP contribution in [0.15, 0.2) is 37.0 Å². The van der Waals surface area contributed by atoms with Gasteiger partial charge < -0.3 is 0 Å². The standard InChI is InChI=1S/C15H26/c1-3-5-7-9-11-13-15-14-12-10-8-6-4-2/h3,6,8,14-15H,1,4-5,7,9-13H2,2H3. The molecule has 0 aromatic heterocycles. The van der Waals surface area contributed by atoms with Gasteiger partial charge in [-0.25, -0.2) is 0 Å². The zero-order valence-electron chi connectivity index (χ0n) is 10.3.